The summed E-state index contributed by atoms with van der Waals surface area (Å²) in [4.78, 5) is 33.4. The number of morpholine rings is 1. The number of amides is 2. The molecule has 4 heterocycles. The van der Waals surface area contributed by atoms with Gasteiger partial charge in [-0.1, -0.05) is 18.2 Å². The van der Waals surface area contributed by atoms with E-state index < -0.39 is 6.10 Å². The van der Waals surface area contributed by atoms with Crippen LogP contribution in [0.2, 0.25) is 0 Å². The summed E-state index contributed by atoms with van der Waals surface area (Å²) in [5, 5.41) is 14.7. The molecule has 1 aromatic heterocycles. The summed E-state index contributed by atoms with van der Waals surface area (Å²) in [6, 6.07) is 15.4. The smallest absolute Gasteiger partial charge is 0.254 e. The number of H-pyrrole nitrogens is 1. The second-order valence-corrected chi connectivity index (χ2v) is 10.2. The zero-order chi connectivity index (χ0) is 24.6. The molecule has 2 amide bonds. The monoisotopic (exact) mass is 488 g/mol. The molecule has 36 heavy (non-hydrogen) atoms. The van der Waals surface area contributed by atoms with Crippen LogP contribution >= 0.6 is 0 Å². The number of fused-ring (bicyclic) bond motifs is 5. The van der Waals surface area contributed by atoms with Crippen LogP contribution in [0.5, 0.6) is 0 Å². The predicted molar refractivity (Wildman–Crippen MR) is 136 cm³/mol. The van der Waals surface area contributed by atoms with Crippen molar-refractivity contribution < 1.29 is 19.4 Å². The largest absolute Gasteiger partial charge is 0.390 e. The minimum absolute atomic E-state index is 0.00747. The van der Waals surface area contributed by atoms with E-state index >= 15 is 0 Å². The van der Waals surface area contributed by atoms with Gasteiger partial charge in [0.1, 0.15) is 0 Å². The summed E-state index contributed by atoms with van der Waals surface area (Å²) in [6.45, 7) is 3.52. The highest BCUT2D eigenvalue weighted by atomic mass is 16.5. The number of aliphatic hydroxyl groups is 1. The quantitative estimate of drug-likeness (QED) is 0.495. The zero-order valence-corrected chi connectivity index (χ0v) is 20.3. The van der Waals surface area contributed by atoms with Crippen molar-refractivity contribution in [2.24, 2.45) is 0 Å². The molecule has 8 nitrogen and oxygen atoms in total. The number of benzene rings is 2. The highest BCUT2D eigenvalue weighted by molar-refractivity contribution is 5.98. The summed E-state index contributed by atoms with van der Waals surface area (Å²) < 4.78 is 5.57. The lowest BCUT2D eigenvalue weighted by Gasteiger charge is -2.34. The molecule has 3 aliphatic rings. The van der Waals surface area contributed by atoms with E-state index in [1.807, 2.05) is 11.0 Å². The molecule has 0 radical (unpaired) electrons. The fourth-order valence-corrected chi connectivity index (χ4v) is 5.93. The normalized spacial score (nSPS) is 22.4. The summed E-state index contributed by atoms with van der Waals surface area (Å²) >= 11 is 0. The van der Waals surface area contributed by atoms with Crippen LogP contribution in [0.15, 0.2) is 48.5 Å². The van der Waals surface area contributed by atoms with Crippen molar-refractivity contribution in [2.75, 3.05) is 32.8 Å². The van der Waals surface area contributed by atoms with Crippen LogP contribution in [0.4, 0.5) is 0 Å². The second-order valence-electron chi connectivity index (χ2n) is 10.2. The van der Waals surface area contributed by atoms with Gasteiger partial charge in [0.2, 0.25) is 0 Å². The van der Waals surface area contributed by atoms with Crippen LogP contribution in [-0.2, 0) is 17.7 Å². The first kappa shape index (κ1) is 23.2. The Kier molecular flexibility index (Phi) is 6.25. The Morgan fingerprint density at radius 3 is 2.56 bits per heavy atom. The van der Waals surface area contributed by atoms with Crippen LogP contribution in [0, 0.1) is 0 Å². The molecule has 8 heteroatoms. The number of carbonyl (C=O) groups is 2. The number of β-amino-alcohol motifs (C(OH)–C–C–N with tert-alkyl or cyclic N) is 1. The molecule has 3 N–H and O–H groups in total. The third kappa shape index (κ3) is 4.40. The van der Waals surface area contributed by atoms with Crippen LogP contribution in [0.25, 0.3) is 10.9 Å². The molecular weight excluding hydrogens is 456 g/mol. The van der Waals surface area contributed by atoms with Crippen molar-refractivity contribution in [1.82, 2.24) is 20.1 Å². The number of para-hydroxylation sites is 1. The molecule has 0 spiro atoms. The topological polar surface area (TPSA) is 97.9 Å². The number of carbonyl (C=O) groups excluding carboxylic acids is 2. The molecular formula is C28H32N4O4. The summed E-state index contributed by atoms with van der Waals surface area (Å²) in [5.74, 6) is -0.245. The van der Waals surface area contributed by atoms with E-state index in [-0.39, 0.29) is 30.4 Å². The van der Waals surface area contributed by atoms with E-state index in [1.54, 1.807) is 24.3 Å². The SMILES string of the molecule is O=C(NCC(O)CN1CCc2[nH]c3ccccc3c2C1)c1ccc(C(=O)N2C3CCC2COC3)cc1. The average molecular weight is 489 g/mol. The minimum Gasteiger partial charge on any atom is -0.390 e. The molecule has 2 aromatic carbocycles. The molecule has 2 fully saturated rings. The first-order valence-electron chi connectivity index (χ1n) is 12.8. The van der Waals surface area contributed by atoms with Crippen LogP contribution in [-0.4, -0.2) is 82.7 Å². The highest BCUT2D eigenvalue weighted by Gasteiger charge is 2.40. The maximum Gasteiger partial charge on any atom is 0.254 e. The van der Waals surface area contributed by atoms with Crippen molar-refractivity contribution in [3.8, 4) is 0 Å². The molecule has 3 aromatic rings. The van der Waals surface area contributed by atoms with Gasteiger partial charge in [-0.3, -0.25) is 14.5 Å². The predicted octanol–water partition coefficient (Wildman–Crippen LogP) is 2.32. The third-order valence-electron chi connectivity index (χ3n) is 7.80. The summed E-state index contributed by atoms with van der Waals surface area (Å²) in [5.41, 5.74) is 4.80. The number of nitrogens with one attached hydrogen (secondary N) is 2. The van der Waals surface area contributed by atoms with Gasteiger partial charge in [-0.25, -0.2) is 0 Å². The van der Waals surface area contributed by atoms with Gasteiger partial charge in [-0.05, 0) is 48.7 Å². The third-order valence-corrected chi connectivity index (χ3v) is 7.80. The van der Waals surface area contributed by atoms with Crippen LogP contribution in [0.1, 0.15) is 44.8 Å². The van der Waals surface area contributed by atoms with E-state index in [9.17, 15) is 14.7 Å². The molecule has 2 bridgehead atoms. The fourth-order valence-electron chi connectivity index (χ4n) is 5.93. The van der Waals surface area contributed by atoms with Crippen LogP contribution < -0.4 is 5.32 Å². The van der Waals surface area contributed by atoms with Gasteiger partial charge in [-0.2, -0.15) is 0 Å². The second kappa shape index (κ2) is 9.69. The highest BCUT2D eigenvalue weighted by Crippen LogP contribution is 2.30. The van der Waals surface area contributed by atoms with E-state index in [0.717, 1.165) is 37.9 Å². The number of nitrogens with zero attached hydrogens (tertiary/aromatic N) is 2. The molecule has 0 aliphatic carbocycles. The van der Waals surface area contributed by atoms with Crippen molar-refractivity contribution in [3.05, 3.63) is 70.9 Å². The standard InChI is InChI=1S/C28H32N4O4/c33-22(14-31-12-11-26-24(15-31)23-3-1-2-4-25(23)30-26)13-29-27(34)18-5-7-19(8-6-18)28(35)32-20-9-10-21(32)17-36-16-20/h1-8,20-22,30,33H,9-17H2,(H,29,34). The summed E-state index contributed by atoms with van der Waals surface area (Å²) in [6.07, 6.45) is 2.22. The number of hydrogen-bond donors (Lipinski definition) is 3. The number of ether oxygens (including phenoxy) is 1. The lowest BCUT2D eigenvalue weighted by atomic mass is 10.0. The number of aromatic amines is 1. The maximum absolute atomic E-state index is 13.0. The molecule has 3 unspecified atom stereocenters. The molecule has 6 rings (SSSR count). The van der Waals surface area contributed by atoms with E-state index in [0.29, 0.717) is 30.9 Å². The van der Waals surface area contributed by atoms with Gasteiger partial charge >= 0.3 is 0 Å². The molecule has 3 aliphatic heterocycles. The van der Waals surface area contributed by atoms with E-state index in [1.165, 1.54) is 16.6 Å². The molecule has 3 atom stereocenters. The fraction of sp³-hybridized carbons (Fsp3) is 0.429. The number of hydrogen-bond acceptors (Lipinski definition) is 5. The van der Waals surface area contributed by atoms with Crippen LogP contribution in [0.3, 0.4) is 0 Å². The van der Waals surface area contributed by atoms with Crippen molar-refractivity contribution in [3.63, 3.8) is 0 Å². The Labute approximate surface area is 210 Å². The van der Waals surface area contributed by atoms with Gasteiger partial charge in [-0.15, -0.1) is 0 Å². The van der Waals surface area contributed by atoms with Gasteiger partial charge < -0.3 is 25.0 Å². The lowest BCUT2D eigenvalue weighted by molar-refractivity contribution is -0.00716. The van der Waals surface area contributed by atoms with Crippen molar-refractivity contribution in [2.45, 2.75) is 44.0 Å². The maximum atomic E-state index is 13.0. The van der Waals surface area contributed by atoms with Gasteiger partial charge in [0.15, 0.2) is 0 Å². The Morgan fingerprint density at radius 1 is 1.06 bits per heavy atom. The van der Waals surface area contributed by atoms with Gasteiger partial charge in [0.05, 0.1) is 31.4 Å². The minimum atomic E-state index is -0.668. The molecule has 0 saturated carbocycles. The van der Waals surface area contributed by atoms with E-state index in [2.05, 4.69) is 33.4 Å². The Morgan fingerprint density at radius 2 is 1.78 bits per heavy atom. The van der Waals surface area contributed by atoms with Gasteiger partial charge in [0, 0.05) is 60.3 Å². The first-order valence-corrected chi connectivity index (χ1v) is 12.8. The zero-order valence-electron chi connectivity index (χ0n) is 20.3. The Bertz CT molecular complexity index is 1250. The van der Waals surface area contributed by atoms with Crippen molar-refractivity contribution in [1.29, 1.82) is 0 Å². The lowest BCUT2D eigenvalue weighted by Crippen LogP contribution is -2.49. The van der Waals surface area contributed by atoms with Crippen molar-refractivity contribution >= 4 is 22.7 Å². The first-order chi connectivity index (χ1) is 17.6. The Hall–Kier alpha value is -3.20. The number of rotatable bonds is 6. The molecule has 188 valence electrons. The number of aromatic nitrogens is 1. The Balaban J connectivity index is 1.01. The molecule has 2 saturated heterocycles. The summed E-state index contributed by atoms with van der Waals surface area (Å²) in [7, 11) is 0. The number of aliphatic hydroxyl groups excluding tert-OH is 1. The average Bonchev–Trinajstić information content (AvgIpc) is 3.39. The van der Waals surface area contributed by atoms with Gasteiger partial charge in [0.25, 0.3) is 11.8 Å². The van der Waals surface area contributed by atoms with E-state index in [4.69, 9.17) is 4.74 Å².